The molecule has 8 nitrogen and oxygen atoms in total. The van der Waals surface area contributed by atoms with E-state index < -0.39 is 12.6 Å². The fourth-order valence-corrected chi connectivity index (χ4v) is 6.09. The van der Waals surface area contributed by atoms with Gasteiger partial charge in [0.1, 0.15) is 18.1 Å². The Morgan fingerprint density at radius 3 is 2.95 bits per heavy atom. The maximum absolute atomic E-state index is 14.1. The van der Waals surface area contributed by atoms with Gasteiger partial charge >= 0.3 is 0 Å². The van der Waals surface area contributed by atoms with Gasteiger partial charge in [-0.05, 0) is 43.3 Å². The molecule has 0 N–H and O–H groups in total. The molecule has 37 heavy (non-hydrogen) atoms. The van der Waals surface area contributed by atoms with Crippen LogP contribution in [0.5, 0.6) is 11.5 Å². The highest BCUT2D eigenvalue weighted by Crippen LogP contribution is 2.46. The largest absolute Gasteiger partial charge is 0.496 e. The van der Waals surface area contributed by atoms with E-state index in [2.05, 4.69) is 0 Å². The van der Waals surface area contributed by atoms with E-state index in [-0.39, 0.29) is 19.1 Å². The van der Waals surface area contributed by atoms with Gasteiger partial charge in [-0.1, -0.05) is 0 Å². The highest BCUT2D eigenvalue weighted by molar-refractivity contribution is 7.08. The van der Waals surface area contributed by atoms with Gasteiger partial charge in [-0.2, -0.15) is 16.4 Å². The van der Waals surface area contributed by atoms with Crippen molar-refractivity contribution < 1.29 is 23.1 Å². The lowest BCUT2D eigenvalue weighted by Gasteiger charge is -2.34. The van der Waals surface area contributed by atoms with E-state index in [0.29, 0.717) is 35.7 Å². The van der Waals surface area contributed by atoms with Crippen molar-refractivity contribution in [3.63, 3.8) is 0 Å². The minimum absolute atomic E-state index is 0.0811. The van der Waals surface area contributed by atoms with E-state index in [1.807, 2.05) is 70.6 Å². The van der Waals surface area contributed by atoms with E-state index in [0.717, 1.165) is 34.5 Å². The second kappa shape index (κ2) is 9.08. The first-order valence-electron chi connectivity index (χ1n) is 13.7. The number of aryl methyl sites for hydroxylation is 1. The van der Waals surface area contributed by atoms with Crippen LogP contribution in [0.15, 0.2) is 47.4 Å². The van der Waals surface area contributed by atoms with Crippen LogP contribution in [0.3, 0.4) is 0 Å². The molecule has 1 aromatic carbocycles. The second-order valence-corrected chi connectivity index (χ2v) is 10.6. The van der Waals surface area contributed by atoms with Crippen molar-refractivity contribution in [2.24, 2.45) is 7.05 Å². The SMILES string of the molecule is [2H]C([2H])([2H])OCC1(C)CCCN1C(=O)c1nn(-c2ccsc2)c2c1COc1cc(OC)c(-c3ccn(C)c3)cc1-2. The Morgan fingerprint density at radius 1 is 1.32 bits per heavy atom. The molecule has 1 fully saturated rings. The number of benzene rings is 1. The molecular weight excluding hydrogens is 488 g/mol. The van der Waals surface area contributed by atoms with E-state index in [9.17, 15) is 4.79 Å². The topological polar surface area (TPSA) is 70.8 Å². The number of methoxy groups -OCH3 is 2. The number of aromatic nitrogens is 3. The Morgan fingerprint density at radius 2 is 2.22 bits per heavy atom. The van der Waals surface area contributed by atoms with Crippen LogP contribution in [0, 0.1) is 0 Å². The Balaban J connectivity index is 1.48. The highest BCUT2D eigenvalue weighted by atomic mass is 32.1. The summed E-state index contributed by atoms with van der Waals surface area (Å²) >= 11 is 1.55. The first-order valence-corrected chi connectivity index (χ1v) is 13.1. The molecule has 5 heterocycles. The molecule has 1 amide bonds. The van der Waals surface area contributed by atoms with E-state index in [4.69, 9.17) is 23.4 Å². The van der Waals surface area contributed by atoms with Crippen LogP contribution in [-0.2, 0) is 18.4 Å². The molecule has 3 aromatic heterocycles. The van der Waals surface area contributed by atoms with Crippen molar-refractivity contribution in [3.8, 4) is 39.6 Å². The number of carbonyl (C=O) groups is 1. The molecule has 0 radical (unpaired) electrons. The fraction of sp³-hybridized carbons (Fsp3) is 0.357. The number of ether oxygens (including phenoxy) is 3. The zero-order valence-electron chi connectivity index (χ0n) is 24.0. The normalized spacial score (nSPS) is 20.0. The van der Waals surface area contributed by atoms with Gasteiger partial charge in [-0.15, -0.1) is 0 Å². The van der Waals surface area contributed by atoms with Crippen LogP contribution in [0.2, 0.25) is 0 Å². The maximum atomic E-state index is 14.1. The van der Waals surface area contributed by atoms with Crippen molar-refractivity contribution in [3.05, 3.63) is 58.7 Å². The van der Waals surface area contributed by atoms with Crippen molar-refractivity contribution in [1.29, 1.82) is 0 Å². The number of rotatable bonds is 6. The summed E-state index contributed by atoms with van der Waals surface area (Å²) in [7, 11) is 1.07. The fourth-order valence-electron chi connectivity index (χ4n) is 5.48. The third-order valence-corrected chi connectivity index (χ3v) is 8.06. The Hall–Kier alpha value is -3.56. The van der Waals surface area contributed by atoms with E-state index in [1.54, 1.807) is 23.3 Å². The average molecular weight is 522 g/mol. The van der Waals surface area contributed by atoms with Crippen LogP contribution in [0.25, 0.3) is 28.1 Å². The standard InChI is InChI=1S/C28H30N4O4S/c1-28(17-34-3)8-5-9-31(28)27(33)25-22-15-36-24-13-23(35-4)20(18-6-10-30(2)14-18)12-21(24)26(22)32(29-25)19-7-11-37-16-19/h6-7,10-14,16H,5,8-9,15,17H2,1-4H3/i3D3. The Bertz CT molecular complexity index is 1580. The summed E-state index contributed by atoms with van der Waals surface area (Å²) in [5.41, 5.74) is 4.58. The highest BCUT2D eigenvalue weighted by Gasteiger charge is 2.42. The van der Waals surface area contributed by atoms with Crippen molar-refractivity contribution in [2.45, 2.75) is 31.9 Å². The summed E-state index contributed by atoms with van der Waals surface area (Å²) < 4.78 is 43.3. The zero-order valence-corrected chi connectivity index (χ0v) is 21.8. The monoisotopic (exact) mass is 521 g/mol. The number of nitrogens with zero attached hydrogens (tertiary/aromatic N) is 4. The minimum Gasteiger partial charge on any atom is -0.496 e. The van der Waals surface area contributed by atoms with Crippen LogP contribution >= 0.6 is 11.3 Å². The molecule has 1 atom stereocenters. The van der Waals surface area contributed by atoms with Gasteiger partial charge in [0.2, 0.25) is 0 Å². The smallest absolute Gasteiger partial charge is 0.275 e. The van der Waals surface area contributed by atoms with Gasteiger partial charge in [0.25, 0.3) is 5.91 Å². The molecule has 192 valence electrons. The predicted octanol–water partition coefficient (Wildman–Crippen LogP) is 5.15. The van der Waals surface area contributed by atoms with Gasteiger partial charge in [0.05, 0.1) is 34.7 Å². The number of fused-ring (bicyclic) bond motifs is 3. The summed E-state index contributed by atoms with van der Waals surface area (Å²) in [6.45, 7) is 2.45. The first-order chi connectivity index (χ1) is 19.1. The molecule has 0 aliphatic carbocycles. The van der Waals surface area contributed by atoms with Crippen molar-refractivity contribution in [2.75, 3.05) is 27.3 Å². The van der Waals surface area contributed by atoms with Crippen molar-refractivity contribution >= 4 is 17.2 Å². The molecule has 1 saturated heterocycles. The van der Waals surface area contributed by atoms with Crippen LogP contribution in [0.4, 0.5) is 0 Å². The van der Waals surface area contributed by atoms with Gasteiger partial charge in [-0.3, -0.25) is 4.79 Å². The van der Waals surface area contributed by atoms with E-state index in [1.165, 1.54) is 0 Å². The molecule has 0 spiro atoms. The lowest BCUT2D eigenvalue weighted by molar-refractivity contribution is 0.0359. The lowest BCUT2D eigenvalue weighted by Crippen LogP contribution is -2.48. The Labute approximate surface area is 224 Å². The molecule has 4 aromatic rings. The molecule has 0 bridgehead atoms. The number of likely N-dealkylation sites (tertiary alicyclic amines) is 1. The molecule has 2 aliphatic rings. The summed E-state index contributed by atoms with van der Waals surface area (Å²) in [4.78, 5) is 15.8. The summed E-state index contributed by atoms with van der Waals surface area (Å²) in [6, 6.07) is 7.91. The molecule has 6 rings (SSSR count). The molecular formula is C28H30N4O4S. The summed E-state index contributed by atoms with van der Waals surface area (Å²) in [5.74, 6) is 1.08. The molecule has 0 saturated carbocycles. The first kappa shape index (κ1) is 20.5. The quantitative estimate of drug-likeness (QED) is 0.351. The van der Waals surface area contributed by atoms with Gasteiger partial charge in [0.15, 0.2) is 5.69 Å². The average Bonchev–Trinajstić information content (AvgIpc) is 3.72. The third kappa shape index (κ3) is 3.84. The lowest BCUT2D eigenvalue weighted by atomic mass is 9.96. The zero-order chi connectivity index (χ0) is 28.2. The third-order valence-electron chi connectivity index (χ3n) is 7.39. The number of thiophene rings is 1. The molecule has 2 aliphatic heterocycles. The van der Waals surface area contributed by atoms with Gasteiger partial charge < -0.3 is 23.7 Å². The van der Waals surface area contributed by atoms with Gasteiger partial charge in [0, 0.05) is 66.7 Å². The van der Waals surface area contributed by atoms with Crippen LogP contribution in [0.1, 0.15) is 39.9 Å². The number of amides is 1. The van der Waals surface area contributed by atoms with E-state index >= 15 is 0 Å². The number of hydrogen-bond donors (Lipinski definition) is 0. The second-order valence-electron chi connectivity index (χ2n) is 9.82. The van der Waals surface area contributed by atoms with Gasteiger partial charge in [-0.25, -0.2) is 4.68 Å². The van der Waals surface area contributed by atoms with Crippen LogP contribution in [-0.4, -0.2) is 58.0 Å². The number of carbonyl (C=O) groups excluding carboxylic acids is 1. The summed E-state index contributed by atoms with van der Waals surface area (Å²) in [5, 5.41) is 8.83. The molecule has 1 unspecified atom stereocenters. The summed E-state index contributed by atoms with van der Waals surface area (Å²) in [6.07, 6.45) is 5.39. The van der Waals surface area contributed by atoms with Crippen molar-refractivity contribution in [1.82, 2.24) is 19.2 Å². The number of hydrogen-bond acceptors (Lipinski definition) is 6. The maximum Gasteiger partial charge on any atom is 0.275 e. The molecule has 9 heteroatoms. The minimum atomic E-state index is -2.53. The van der Waals surface area contributed by atoms with Crippen LogP contribution < -0.4 is 9.47 Å². The predicted molar refractivity (Wildman–Crippen MR) is 143 cm³/mol. The Kier molecular flexibility index (Phi) is 5.03.